The maximum absolute atomic E-state index is 6.25. The van der Waals surface area contributed by atoms with Crippen molar-refractivity contribution in [1.29, 1.82) is 0 Å². The maximum Gasteiger partial charge on any atom is 0.0499 e. The van der Waals surface area contributed by atoms with Crippen molar-refractivity contribution in [3.05, 3.63) is 101 Å². The molecule has 0 saturated heterocycles. The van der Waals surface area contributed by atoms with Crippen molar-refractivity contribution >= 4 is 28.9 Å². The van der Waals surface area contributed by atoms with E-state index in [2.05, 4.69) is 79.5 Å². The van der Waals surface area contributed by atoms with Gasteiger partial charge in [-0.25, -0.2) is 0 Å². The molecule has 0 unspecified atom stereocenters. The number of benzene rings is 3. The summed E-state index contributed by atoms with van der Waals surface area (Å²) >= 11 is 6.25. The van der Waals surface area contributed by atoms with Gasteiger partial charge in [0.2, 0.25) is 0 Å². The molecule has 3 aromatic rings. The predicted octanol–water partition coefficient (Wildman–Crippen LogP) is 8.89. The van der Waals surface area contributed by atoms with Crippen LogP contribution in [0, 0.1) is 6.92 Å². The molecule has 0 radical (unpaired) electrons. The molecular weight excluding hydrogens is 386 g/mol. The molecule has 1 N–H and O–H groups in total. The Balaban J connectivity index is 0.00000155. The van der Waals surface area contributed by atoms with Crippen molar-refractivity contribution in [3.63, 3.8) is 0 Å². The molecule has 0 aliphatic rings. The van der Waals surface area contributed by atoms with E-state index in [0.717, 1.165) is 45.9 Å². The minimum atomic E-state index is 0.782. The Morgan fingerprint density at radius 1 is 1.00 bits per heavy atom. The molecule has 0 bridgehead atoms. The Kier molecular flexibility index (Phi) is 9.44. The van der Waals surface area contributed by atoms with Gasteiger partial charge in [0.1, 0.15) is 0 Å². The number of anilines is 1. The van der Waals surface area contributed by atoms with E-state index in [1.807, 2.05) is 39.0 Å². The smallest absolute Gasteiger partial charge is 0.0499 e. The zero-order chi connectivity index (χ0) is 21.9. The standard InChI is InChI=1S/C26H26ClN.C2H6/c1-4-17-28-26-23(11-8-12-24(26)22-9-6-5-7-10-22)19(2)13-15-21-16-14-20(3)25(27)18-21;1-2/h5-16,18,28H,2,4,17H2,1,3H3;1-2H3/b15-13+;. The molecule has 30 heavy (non-hydrogen) atoms. The fourth-order valence-corrected chi connectivity index (χ4v) is 3.31. The Morgan fingerprint density at radius 3 is 2.40 bits per heavy atom. The lowest BCUT2D eigenvalue weighted by Crippen LogP contribution is -2.04. The van der Waals surface area contributed by atoms with Crippen LogP contribution in [0.4, 0.5) is 5.69 Å². The molecule has 0 aliphatic heterocycles. The molecule has 2 heteroatoms. The maximum atomic E-state index is 6.25. The monoisotopic (exact) mass is 417 g/mol. The normalized spacial score (nSPS) is 10.4. The lowest BCUT2D eigenvalue weighted by Gasteiger charge is -2.17. The first-order valence-electron chi connectivity index (χ1n) is 10.7. The van der Waals surface area contributed by atoms with Gasteiger partial charge in [-0.3, -0.25) is 0 Å². The summed E-state index contributed by atoms with van der Waals surface area (Å²) < 4.78 is 0. The minimum Gasteiger partial charge on any atom is -0.384 e. The Labute approximate surface area is 187 Å². The molecule has 1 nitrogen and oxygen atoms in total. The van der Waals surface area contributed by atoms with Crippen LogP contribution in [0.25, 0.3) is 22.8 Å². The third kappa shape index (κ3) is 6.11. The lowest BCUT2D eigenvalue weighted by atomic mass is 9.96. The van der Waals surface area contributed by atoms with Crippen LogP contribution in [0.15, 0.2) is 79.4 Å². The average molecular weight is 418 g/mol. The van der Waals surface area contributed by atoms with Crippen LogP contribution in [0.2, 0.25) is 5.02 Å². The van der Waals surface area contributed by atoms with Gasteiger partial charge in [-0.1, -0.05) is 112 Å². The Morgan fingerprint density at radius 2 is 1.73 bits per heavy atom. The second kappa shape index (κ2) is 12.0. The van der Waals surface area contributed by atoms with E-state index < -0.39 is 0 Å². The summed E-state index contributed by atoms with van der Waals surface area (Å²) in [6.07, 6.45) is 5.18. The highest BCUT2D eigenvalue weighted by Gasteiger charge is 2.11. The fraction of sp³-hybridized carbons (Fsp3) is 0.214. The molecular formula is C28H32ClN. The molecule has 0 atom stereocenters. The van der Waals surface area contributed by atoms with E-state index in [1.54, 1.807) is 0 Å². The second-order valence-electron chi connectivity index (χ2n) is 6.89. The topological polar surface area (TPSA) is 12.0 Å². The van der Waals surface area contributed by atoms with Crippen LogP contribution in [0.1, 0.15) is 43.9 Å². The van der Waals surface area contributed by atoms with E-state index in [4.69, 9.17) is 11.6 Å². The van der Waals surface area contributed by atoms with Gasteiger partial charge in [0.25, 0.3) is 0 Å². The molecule has 0 amide bonds. The molecule has 0 saturated carbocycles. The van der Waals surface area contributed by atoms with Gasteiger partial charge in [0.15, 0.2) is 0 Å². The van der Waals surface area contributed by atoms with E-state index in [9.17, 15) is 0 Å². The van der Waals surface area contributed by atoms with Gasteiger partial charge in [-0.2, -0.15) is 0 Å². The number of rotatable bonds is 7. The molecule has 0 aliphatic carbocycles. The summed E-state index contributed by atoms with van der Waals surface area (Å²) in [5, 5.41) is 4.39. The summed E-state index contributed by atoms with van der Waals surface area (Å²) in [5.41, 5.74) is 7.76. The largest absolute Gasteiger partial charge is 0.384 e. The average Bonchev–Trinajstić information content (AvgIpc) is 2.80. The van der Waals surface area contributed by atoms with Crippen molar-refractivity contribution in [3.8, 4) is 11.1 Å². The van der Waals surface area contributed by atoms with Crippen LogP contribution in [-0.2, 0) is 0 Å². The van der Waals surface area contributed by atoms with Gasteiger partial charge < -0.3 is 5.32 Å². The third-order valence-electron chi connectivity index (χ3n) is 4.72. The van der Waals surface area contributed by atoms with Crippen molar-refractivity contribution < 1.29 is 0 Å². The van der Waals surface area contributed by atoms with E-state index >= 15 is 0 Å². The number of halogens is 1. The number of para-hydroxylation sites is 1. The summed E-state index contributed by atoms with van der Waals surface area (Å²) in [4.78, 5) is 0. The third-order valence-corrected chi connectivity index (χ3v) is 5.13. The van der Waals surface area contributed by atoms with E-state index in [-0.39, 0.29) is 0 Å². The summed E-state index contributed by atoms with van der Waals surface area (Å²) in [6.45, 7) is 13.4. The zero-order valence-electron chi connectivity index (χ0n) is 18.5. The molecule has 0 fully saturated rings. The first-order valence-corrected chi connectivity index (χ1v) is 11.0. The first kappa shape index (κ1) is 23.5. The summed E-state index contributed by atoms with van der Waals surface area (Å²) in [6, 6.07) is 22.9. The van der Waals surface area contributed by atoms with Crippen LogP contribution in [0.3, 0.4) is 0 Å². The van der Waals surface area contributed by atoms with Crippen molar-refractivity contribution in [2.24, 2.45) is 0 Å². The van der Waals surface area contributed by atoms with Gasteiger partial charge in [0.05, 0.1) is 0 Å². The number of hydrogen-bond acceptors (Lipinski definition) is 1. The molecule has 3 aromatic carbocycles. The molecule has 0 aromatic heterocycles. The van der Waals surface area contributed by atoms with Crippen LogP contribution >= 0.6 is 11.6 Å². The van der Waals surface area contributed by atoms with Crippen molar-refractivity contribution in [1.82, 2.24) is 0 Å². The van der Waals surface area contributed by atoms with Crippen molar-refractivity contribution in [2.75, 3.05) is 11.9 Å². The molecule has 156 valence electrons. The highest BCUT2D eigenvalue weighted by Crippen LogP contribution is 2.35. The van der Waals surface area contributed by atoms with E-state index in [0.29, 0.717) is 0 Å². The van der Waals surface area contributed by atoms with Crippen LogP contribution in [0.5, 0.6) is 0 Å². The highest BCUT2D eigenvalue weighted by atomic mass is 35.5. The highest BCUT2D eigenvalue weighted by molar-refractivity contribution is 6.31. The second-order valence-corrected chi connectivity index (χ2v) is 7.30. The molecule has 3 rings (SSSR count). The first-order chi connectivity index (χ1) is 14.6. The minimum absolute atomic E-state index is 0.782. The van der Waals surface area contributed by atoms with E-state index in [1.165, 1.54) is 11.1 Å². The Bertz CT molecular complexity index is 987. The molecule has 0 heterocycles. The van der Waals surface area contributed by atoms with Gasteiger partial charge in [-0.15, -0.1) is 0 Å². The summed E-state index contributed by atoms with van der Waals surface area (Å²) in [7, 11) is 0. The van der Waals surface area contributed by atoms with Crippen LogP contribution in [-0.4, -0.2) is 6.54 Å². The quantitative estimate of drug-likeness (QED) is 0.378. The van der Waals surface area contributed by atoms with Gasteiger partial charge >= 0.3 is 0 Å². The lowest BCUT2D eigenvalue weighted by molar-refractivity contribution is 0.979. The summed E-state index contributed by atoms with van der Waals surface area (Å²) in [5.74, 6) is 0. The fourth-order valence-electron chi connectivity index (χ4n) is 3.12. The number of hydrogen-bond donors (Lipinski definition) is 1. The zero-order valence-corrected chi connectivity index (χ0v) is 19.3. The number of nitrogens with one attached hydrogen (secondary N) is 1. The SMILES string of the molecule is C=C(/C=C/c1ccc(C)c(Cl)c1)c1cccc(-c2ccccc2)c1NCCC.CC. The van der Waals surface area contributed by atoms with Crippen molar-refractivity contribution in [2.45, 2.75) is 34.1 Å². The number of aryl methyl sites for hydroxylation is 1. The van der Waals surface area contributed by atoms with Gasteiger partial charge in [0, 0.05) is 28.4 Å². The van der Waals surface area contributed by atoms with Crippen LogP contribution < -0.4 is 5.32 Å². The number of allylic oxidation sites excluding steroid dienone is 2. The predicted molar refractivity (Wildman–Crippen MR) is 136 cm³/mol. The Hall–Kier alpha value is -2.77. The molecule has 0 spiro atoms. The van der Waals surface area contributed by atoms with Gasteiger partial charge in [-0.05, 0) is 41.7 Å².